The number of hydrogen-bond acceptors (Lipinski definition) is 3. The maximum Gasteiger partial charge on any atom is 0.339 e. The maximum absolute atomic E-state index is 10.9. The predicted octanol–water partition coefficient (Wildman–Crippen LogP) is 1.53. The third kappa shape index (κ3) is 2.35. The van der Waals surface area contributed by atoms with Gasteiger partial charge in [-0.3, -0.25) is 0 Å². The maximum atomic E-state index is 10.9. The molecule has 14 heavy (non-hydrogen) atoms. The standard InChI is InChI=1S/C9H11ClN2O2/c1-5(10)4-6-2-3-12-8(11)7(6)9(13)14/h2-3,5H,4H2,1H3,(H2,11,12)(H,13,14). The zero-order valence-electron chi connectivity index (χ0n) is 7.70. The Balaban J connectivity index is 3.14. The largest absolute Gasteiger partial charge is 0.478 e. The first-order valence-corrected chi connectivity index (χ1v) is 4.56. The summed E-state index contributed by atoms with van der Waals surface area (Å²) in [6.45, 7) is 1.80. The highest BCUT2D eigenvalue weighted by molar-refractivity contribution is 6.20. The number of aromatic nitrogens is 1. The van der Waals surface area contributed by atoms with Crippen LogP contribution in [0.1, 0.15) is 22.8 Å². The van der Waals surface area contributed by atoms with Crippen LogP contribution in [-0.2, 0) is 6.42 Å². The second kappa shape index (κ2) is 4.28. The lowest BCUT2D eigenvalue weighted by molar-refractivity contribution is 0.0696. The van der Waals surface area contributed by atoms with E-state index in [1.807, 2.05) is 0 Å². The predicted molar refractivity (Wildman–Crippen MR) is 54.6 cm³/mol. The number of halogens is 1. The lowest BCUT2D eigenvalue weighted by atomic mass is 10.0. The van der Waals surface area contributed by atoms with E-state index >= 15 is 0 Å². The number of pyridine rings is 1. The molecule has 0 saturated carbocycles. The van der Waals surface area contributed by atoms with Gasteiger partial charge in [-0.05, 0) is 25.0 Å². The molecule has 5 heteroatoms. The molecule has 0 fully saturated rings. The molecule has 1 aromatic heterocycles. The van der Waals surface area contributed by atoms with Gasteiger partial charge in [0, 0.05) is 11.6 Å². The first kappa shape index (κ1) is 10.8. The molecular weight excluding hydrogens is 204 g/mol. The van der Waals surface area contributed by atoms with E-state index in [4.69, 9.17) is 22.4 Å². The van der Waals surface area contributed by atoms with Gasteiger partial charge in [0.2, 0.25) is 0 Å². The van der Waals surface area contributed by atoms with Gasteiger partial charge >= 0.3 is 5.97 Å². The summed E-state index contributed by atoms with van der Waals surface area (Å²) in [5.74, 6) is -1.03. The number of nitrogens with zero attached hydrogens (tertiary/aromatic N) is 1. The molecular formula is C9H11ClN2O2. The molecule has 1 unspecified atom stereocenters. The monoisotopic (exact) mass is 214 g/mol. The van der Waals surface area contributed by atoms with E-state index in [1.54, 1.807) is 13.0 Å². The van der Waals surface area contributed by atoms with Crippen molar-refractivity contribution in [2.24, 2.45) is 0 Å². The number of rotatable bonds is 3. The molecule has 0 aliphatic carbocycles. The van der Waals surface area contributed by atoms with Crippen molar-refractivity contribution in [3.8, 4) is 0 Å². The summed E-state index contributed by atoms with van der Waals surface area (Å²) in [6.07, 6.45) is 1.95. The molecule has 0 spiro atoms. The van der Waals surface area contributed by atoms with Crippen molar-refractivity contribution in [1.82, 2.24) is 4.98 Å². The van der Waals surface area contributed by atoms with Gasteiger partial charge in [0.05, 0.1) is 0 Å². The molecule has 0 aliphatic rings. The van der Waals surface area contributed by atoms with E-state index in [0.717, 1.165) is 0 Å². The topological polar surface area (TPSA) is 76.2 Å². The number of anilines is 1. The molecule has 0 aromatic carbocycles. The van der Waals surface area contributed by atoms with Crippen LogP contribution < -0.4 is 5.73 Å². The zero-order chi connectivity index (χ0) is 10.7. The van der Waals surface area contributed by atoms with Gasteiger partial charge in [-0.15, -0.1) is 11.6 Å². The van der Waals surface area contributed by atoms with Gasteiger partial charge in [-0.2, -0.15) is 0 Å². The van der Waals surface area contributed by atoms with Gasteiger partial charge in [0.1, 0.15) is 11.4 Å². The van der Waals surface area contributed by atoms with Crippen molar-refractivity contribution < 1.29 is 9.90 Å². The minimum absolute atomic E-state index is 0.0346. The zero-order valence-corrected chi connectivity index (χ0v) is 8.45. The van der Waals surface area contributed by atoms with Crippen molar-refractivity contribution in [2.75, 3.05) is 5.73 Å². The minimum Gasteiger partial charge on any atom is -0.478 e. The number of nitrogen functional groups attached to an aromatic ring is 1. The number of aromatic carboxylic acids is 1. The first-order valence-electron chi connectivity index (χ1n) is 4.13. The Morgan fingerprint density at radius 3 is 2.93 bits per heavy atom. The van der Waals surface area contributed by atoms with E-state index in [2.05, 4.69) is 4.98 Å². The van der Waals surface area contributed by atoms with Crippen LogP contribution in [0.25, 0.3) is 0 Å². The molecule has 0 aliphatic heterocycles. The van der Waals surface area contributed by atoms with E-state index < -0.39 is 5.97 Å². The Labute approximate surface area is 86.7 Å². The minimum atomic E-state index is -1.07. The third-order valence-corrected chi connectivity index (χ3v) is 1.94. The van der Waals surface area contributed by atoms with Crippen LogP contribution in [0.2, 0.25) is 0 Å². The number of hydrogen-bond donors (Lipinski definition) is 2. The molecule has 4 nitrogen and oxygen atoms in total. The molecule has 1 heterocycles. The normalized spacial score (nSPS) is 12.4. The molecule has 0 saturated heterocycles. The Morgan fingerprint density at radius 2 is 2.43 bits per heavy atom. The molecule has 0 radical (unpaired) electrons. The first-order chi connectivity index (χ1) is 6.52. The molecule has 76 valence electrons. The Morgan fingerprint density at radius 1 is 1.79 bits per heavy atom. The van der Waals surface area contributed by atoms with Crippen molar-refractivity contribution in [3.05, 3.63) is 23.4 Å². The van der Waals surface area contributed by atoms with E-state index in [1.165, 1.54) is 6.20 Å². The van der Waals surface area contributed by atoms with Crippen molar-refractivity contribution in [1.29, 1.82) is 0 Å². The van der Waals surface area contributed by atoms with Crippen LogP contribution in [-0.4, -0.2) is 21.4 Å². The lowest BCUT2D eigenvalue weighted by Gasteiger charge is -2.08. The third-order valence-electron chi connectivity index (χ3n) is 1.78. The van der Waals surface area contributed by atoms with Gasteiger partial charge < -0.3 is 10.8 Å². The SMILES string of the molecule is CC(Cl)Cc1ccnc(N)c1C(=O)O. The summed E-state index contributed by atoms with van der Waals surface area (Å²) in [5, 5.41) is 8.77. The van der Waals surface area contributed by atoms with Crippen LogP contribution in [0.4, 0.5) is 5.82 Å². The fourth-order valence-corrected chi connectivity index (χ4v) is 1.41. The number of nitrogens with two attached hydrogens (primary N) is 1. The smallest absolute Gasteiger partial charge is 0.339 e. The number of carboxylic acid groups (broad SMARTS) is 1. The average molecular weight is 215 g/mol. The van der Waals surface area contributed by atoms with Crippen LogP contribution in [0.3, 0.4) is 0 Å². The lowest BCUT2D eigenvalue weighted by Crippen LogP contribution is -2.11. The van der Waals surface area contributed by atoms with Crippen molar-refractivity contribution in [2.45, 2.75) is 18.7 Å². The summed E-state index contributed by atoms with van der Waals surface area (Å²) in [5.41, 5.74) is 6.14. The van der Waals surface area contributed by atoms with Crippen LogP contribution in [0, 0.1) is 0 Å². The van der Waals surface area contributed by atoms with E-state index in [9.17, 15) is 4.79 Å². The second-order valence-electron chi connectivity index (χ2n) is 3.02. The molecule has 1 rings (SSSR count). The summed E-state index contributed by atoms with van der Waals surface area (Å²) in [7, 11) is 0. The molecule has 1 aromatic rings. The second-order valence-corrected chi connectivity index (χ2v) is 3.77. The Hall–Kier alpha value is -1.29. The summed E-state index contributed by atoms with van der Waals surface area (Å²) >= 11 is 5.79. The van der Waals surface area contributed by atoms with Crippen LogP contribution in [0.5, 0.6) is 0 Å². The average Bonchev–Trinajstić information content (AvgIpc) is 2.01. The summed E-state index contributed by atoms with van der Waals surface area (Å²) in [6, 6.07) is 1.62. The van der Waals surface area contributed by atoms with Gasteiger partial charge in [-0.25, -0.2) is 9.78 Å². The van der Waals surface area contributed by atoms with E-state index in [-0.39, 0.29) is 16.8 Å². The highest BCUT2D eigenvalue weighted by atomic mass is 35.5. The van der Waals surface area contributed by atoms with Gasteiger partial charge in [0.25, 0.3) is 0 Å². The van der Waals surface area contributed by atoms with Crippen molar-refractivity contribution in [3.63, 3.8) is 0 Å². The molecule has 1 atom stereocenters. The Bertz CT molecular complexity index is 353. The summed E-state index contributed by atoms with van der Waals surface area (Å²) in [4.78, 5) is 14.6. The fraction of sp³-hybridized carbons (Fsp3) is 0.333. The Kier molecular flexibility index (Phi) is 3.30. The highest BCUT2D eigenvalue weighted by Crippen LogP contribution is 2.17. The van der Waals surface area contributed by atoms with Crippen LogP contribution in [0.15, 0.2) is 12.3 Å². The quantitative estimate of drug-likeness (QED) is 0.749. The number of carboxylic acids is 1. The van der Waals surface area contributed by atoms with Gasteiger partial charge in [0.15, 0.2) is 0 Å². The molecule has 3 N–H and O–H groups in total. The number of alkyl halides is 1. The fourth-order valence-electron chi connectivity index (χ4n) is 1.24. The van der Waals surface area contributed by atoms with Crippen LogP contribution >= 0.6 is 11.6 Å². The van der Waals surface area contributed by atoms with E-state index in [0.29, 0.717) is 12.0 Å². The highest BCUT2D eigenvalue weighted by Gasteiger charge is 2.15. The van der Waals surface area contributed by atoms with Gasteiger partial charge in [-0.1, -0.05) is 0 Å². The molecule has 0 bridgehead atoms. The number of carbonyl (C=O) groups is 1. The summed E-state index contributed by atoms with van der Waals surface area (Å²) < 4.78 is 0. The van der Waals surface area contributed by atoms with Crippen molar-refractivity contribution >= 4 is 23.4 Å². The molecule has 0 amide bonds.